The molecule has 0 spiro atoms. The van der Waals surface area contributed by atoms with E-state index in [0.29, 0.717) is 17.9 Å². The Balaban J connectivity index is 1.46. The van der Waals surface area contributed by atoms with Crippen LogP contribution in [0.1, 0.15) is 33.3 Å². The molecule has 3 aromatic carbocycles. The number of esters is 4. The fourth-order valence-electron chi connectivity index (χ4n) is 5.33. The number of fused-ring (bicyclic) bond motifs is 1. The number of rotatable bonds is 11. The number of hydrogen-bond donors (Lipinski definition) is 1. The zero-order valence-electron chi connectivity index (χ0n) is 27.5. The minimum absolute atomic E-state index is 0.0578. The summed E-state index contributed by atoms with van der Waals surface area (Å²) in [6, 6.07) is 20.2. The molecular formula is C36H34O14. The molecule has 5 atom stereocenters. The topological polar surface area (TPSA) is 183 Å². The van der Waals surface area contributed by atoms with E-state index < -0.39 is 72.4 Å². The predicted octanol–water partition coefficient (Wildman–Crippen LogP) is 4.21. The number of phenolic OH excluding ortho intramolecular Hbond substituents is 1. The number of benzene rings is 3. The first-order valence-corrected chi connectivity index (χ1v) is 15.4. The van der Waals surface area contributed by atoms with Crippen molar-refractivity contribution in [3.63, 3.8) is 0 Å². The summed E-state index contributed by atoms with van der Waals surface area (Å²) in [7, 11) is 0. The van der Waals surface area contributed by atoms with Crippen LogP contribution in [0.4, 0.5) is 0 Å². The largest absolute Gasteiger partial charge is 0.507 e. The summed E-state index contributed by atoms with van der Waals surface area (Å²) >= 11 is 0. The summed E-state index contributed by atoms with van der Waals surface area (Å²) in [6.07, 6.45) is -7.22. The van der Waals surface area contributed by atoms with E-state index in [2.05, 4.69) is 0 Å². The van der Waals surface area contributed by atoms with Crippen molar-refractivity contribution in [1.82, 2.24) is 0 Å². The number of ether oxygens (including phenoxy) is 7. The van der Waals surface area contributed by atoms with E-state index in [1.807, 2.05) is 30.3 Å². The van der Waals surface area contributed by atoms with E-state index in [-0.39, 0.29) is 22.5 Å². The van der Waals surface area contributed by atoms with Gasteiger partial charge in [-0.2, -0.15) is 0 Å². The van der Waals surface area contributed by atoms with Crippen molar-refractivity contribution in [3.05, 3.63) is 88.6 Å². The fourth-order valence-corrected chi connectivity index (χ4v) is 5.33. The third-order valence-electron chi connectivity index (χ3n) is 7.37. The van der Waals surface area contributed by atoms with Crippen LogP contribution in [0.3, 0.4) is 0 Å². The van der Waals surface area contributed by atoms with E-state index in [1.165, 1.54) is 12.1 Å². The molecule has 0 bridgehead atoms. The van der Waals surface area contributed by atoms with Crippen molar-refractivity contribution >= 4 is 34.8 Å². The van der Waals surface area contributed by atoms with E-state index >= 15 is 0 Å². The first-order chi connectivity index (χ1) is 23.9. The maximum absolute atomic E-state index is 13.1. The van der Waals surface area contributed by atoms with Gasteiger partial charge in [0.1, 0.15) is 53.3 Å². The molecule has 14 nitrogen and oxygen atoms in total. The molecule has 1 aliphatic rings. The molecule has 262 valence electrons. The third-order valence-corrected chi connectivity index (χ3v) is 7.37. The second-order valence-electron chi connectivity index (χ2n) is 11.3. The molecule has 4 aromatic rings. The van der Waals surface area contributed by atoms with Crippen molar-refractivity contribution in [2.75, 3.05) is 6.61 Å². The quantitative estimate of drug-likeness (QED) is 0.174. The van der Waals surface area contributed by atoms with Crippen LogP contribution < -0.4 is 14.9 Å². The molecular weight excluding hydrogens is 656 g/mol. The Labute approximate surface area is 285 Å². The Morgan fingerprint density at radius 2 is 1.38 bits per heavy atom. The molecule has 0 saturated carbocycles. The summed E-state index contributed by atoms with van der Waals surface area (Å²) in [5.41, 5.74) is 0.944. The zero-order chi connectivity index (χ0) is 35.9. The minimum atomic E-state index is -1.58. The van der Waals surface area contributed by atoms with Gasteiger partial charge in [-0.1, -0.05) is 30.3 Å². The van der Waals surface area contributed by atoms with Gasteiger partial charge >= 0.3 is 23.9 Å². The van der Waals surface area contributed by atoms with E-state index in [9.17, 15) is 29.1 Å². The number of carbonyl (C=O) groups is 4. The van der Waals surface area contributed by atoms with Gasteiger partial charge in [-0.15, -0.1) is 0 Å². The Kier molecular flexibility index (Phi) is 11.0. The third kappa shape index (κ3) is 8.76. The standard InChI is InChI=1S/C36H34O14/c1-19(37)43-18-31-33(45-20(2)38)34(46-21(3)39)35(47-22(4)40)36(50-31)48-26-14-27(41)32-28(42)16-29(49-30(32)15-26)24-10-12-25(13-11-24)44-17-23-8-6-5-7-9-23/h5-16,31,33-36,41H,17-18H2,1-4H3/t31-,33+,34+,35-,36-/m1/s1. The smallest absolute Gasteiger partial charge is 0.303 e. The van der Waals surface area contributed by atoms with Crippen molar-refractivity contribution in [1.29, 1.82) is 0 Å². The lowest BCUT2D eigenvalue weighted by Gasteiger charge is -2.43. The summed E-state index contributed by atoms with van der Waals surface area (Å²) in [6.45, 7) is 4.34. The molecule has 2 heterocycles. The van der Waals surface area contributed by atoms with E-state index in [4.69, 9.17) is 37.6 Å². The van der Waals surface area contributed by atoms with Crippen molar-refractivity contribution in [2.45, 2.75) is 65.0 Å². The van der Waals surface area contributed by atoms with Crippen LogP contribution in [0.25, 0.3) is 22.3 Å². The van der Waals surface area contributed by atoms with Crippen molar-refractivity contribution < 1.29 is 61.9 Å². The Bertz CT molecular complexity index is 1920. The second kappa shape index (κ2) is 15.6. The molecule has 1 saturated heterocycles. The molecule has 5 rings (SSSR count). The van der Waals surface area contributed by atoms with Gasteiger partial charge in [0.05, 0.1) is 0 Å². The second-order valence-corrected chi connectivity index (χ2v) is 11.3. The highest BCUT2D eigenvalue weighted by Gasteiger charge is 2.53. The Morgan fingerprint density at radius 3 is 2.02 bits per heavy atom. The first-order valence-electron chi connectivity index (χ1n) is 15.4. The normalized spacial score (nSPS) is 20.0. The molecule has 1 aromatic heterocycles. The number of hydrogen-bond acceptors (Lipinski definition) is 14. The number of aromatic hydroxyl groups is 1. The van der Waals surface area contributed by atoms with Gasteiger partial charge in [-0.3, -0.25) is 24.0 Å². The molecule has 1 aliphatic heterocycles. The summed E-state index contributed by atoms with van der Waals surface area (Å²) in [4.78, 5) is 61.1. The van der Waals surface area contributed by atoms with E-state index in [1.54, 1.807) is 24.3 Å². The van der Waals surface area contributed by atoms with Crippen LogP contribution >= 0.6 is 0 Å². The van der Waals surface area contributed by atoms with Gasteiger partial charge in [-0.25, -0.2) is 0 Å². The highest BCUT2D eigenvalue weighted by atomic mass is 16.7. The van der Waals surface area contributed by atoms with Gasteiger partial charge in [0, 0.05) is 51.5 Å². The van der Waals surface area contributed by atoms with Gasteiger partial charge in [0.2, 0.25) is 12.4 Å². The summed E-state index contributed by atoms with van der Waals surface area (Å²) in [5.74, 6) is -2.93. The SMILES string of the molecule is CC(=O)OC[C@H]1O[C@@H](Oc2cc(O)c3c(=O)cc(-c4ccc(OCc5ccccc5)cc4)oc3c2)[C@H](OC(C)=O)[C@@H](OC(C)=O)[C@H]1OC(C)=O. The summed E-state index contributed by atoms with van der Waals surface area (Å²) in [5, 5.41) is 10.7. The molecule has 0 amide bonds. The molecule has 0 aliphatic carbocycles. The maximum Gasteiger partial charge on any atom is 0.303 e. The molecule has 0 radical (unpaired) electrons. The van der Waals surface area contributed by atoms with Crippen molar-refractivity contribution in [3.8, 4) is 28.6 Å². The van der Waals surface area contributed by atoms with Gasteiger partial charge in [0.15, 0.2) is 17.6 Å². The zero-order valence-corrected chi connectivity index (χ0v) is 27.5. The predicted molar refractivity (Wildman–Crippen MR) is 173 cm³/mol. The monoisotopic (exact) mass is 690 g/mol. The number of phenols is 1. The lowest BCUT2D eigenvalue weighted by atomic mass is 9.98. The highest BCUT2D eigenvalue weighted by Crippen LogP contribution is 2.35. The van der Waals surface area contributed by atoms with Crippen LogP contribution in [0.5, 0.6) is 17.2 Å². The molecule has 14 heteroatoms. The lowest BCUT2D eigenvalue weighted by Crippen LogP contribution is -2.63. The van der Waals surface area contributed by atoms with Crippen LogP contribution in [0.15, 0.2) is 82.0 Å². The van der Waals surface area contributed by atoms with Crippen LogP contribution in [0, 0.1) is 0 Å². The molecule has 1 N–H and O–H groups in total. The Hall–Kier alpha value is -5.89. The average Bonchev–Trinajstić information content (AvgIpc) is 3.05. The van der Waals surface area contributed by atoms with Gasteiger partial charge in [0.25, 0.3) is 0 Å². The average molecular weight is 691 g/mol. The molecule has 0 unspecified atom stereocenters. The van der Waals surface area contributed by atoms with Crippen molar-refractivity contribution in [2.24, 2.45) is 0 Å². The maximum atomic E-state index is 13.1. The fraction of sp³-hybridized carbons (Fsp3) is 0.306. The van der Waals surface area contributed by atoms with Crippen LogP contribution in [-0.2, 0) is 49.5 Å². The van der Waals surface area contributed by atoms with Gasteiger partial charge < -0.3 is 42.7 Å². The Morgan fingerprint density at radius 1 is 0.740 bits per heavy atom. The van der Waals surface area contributed by atoms with Gasteiger partial charge in [-0.05, 0) is 29.8 Å². The highest BCUT2D eigenvalue weighted by molar-refractivity contribution is 5.86. The summed E-state index contributed by atoms with van der Waals surface area (Å²) < 4.78 is 45.2. The first kappa shape index (κ1) is 35.4. The number of carbonyl (C=O) groups excluding carboxylic acids is 4. The molecule has 1 fully saturated rings. The van der Waals surface area contributed by atoms with Crippen LogP contribution in [0.2, 0.25) is 0 Å². The molecule has 50 heavy (non-hydrogen) atoms. The lowest BCUT2D eigenvalue weighted by molar-refractivity contribution is -0.288. The minimum Gasteiger partial charge on any atom is -0.507 e. The van der Waals surface area contributed by atoms with Crippen LogP contribution in [-0.4, -0.2) is 66.3 Å². The van der Waals surface area contributed by atoms with E-state index in [0.717, 1.165) is 39.3 Å².